The molecule has 0 aliphatic heterocycles. The van der Waals surface area contributed by atoms with Crippen molar-refractivity contribution in [1.29, 1.82) is 0 Å². The topological polar surface area (TPSA) is 75.7 Å². The molecular formula is C11H18N2O4. The Morgan fingerprint density at radius 3 is 2.65 bits per heavy atom. The molecule has 0 aromatic carbocycles. The van der Waals surface area contributed by atoms with Gasteiger partial charge in [0.2, 0.25) is 0 Å². The highest BCUT2D eigenvalue weighted by Gasteiger charge is 2.11. The monoisotopic (exact) mass is 242 g/mol. The fraction of sp³-hybridized carbons (Fsp3) is 0.545. The Hall–Kier alpha value is -1.53. The van der Waals surface area contributed by atoms with E-state index in [1.807, 2.05) is 0 Å². The number of rotatable bonds is 7. The number of hydrogen-bond donors (Lipinski definition) is 1. The van der Waals surface area contributed by atoms with Crippen LogP contribution in [0.25, 0.3) is 0 Å². The number of esters is 1. The molecule has 17 heavy (non-hydrogen) atoms. The van der Waals surface area contributed by atoms with Crippen molar-refractivity contribution in [2.24, 2.45) is 7.05 Å². The summed E-state index contributed by atoms with van der Waals surface area (Å²) >= 11 is 0. The smallest absolute Gasteiger partial charge is 0.355 e. The van der Waals surface area contributed by atoms with Crippen LogP contribution in [0.3, 0.4) is 0 Å². The molecule has 6 nitrogen and oxygen atoms in total. The Kier molecular flexibility index (Phi) is 5.51. The van der Waals surface area contributed by atoms with Crippen molar-refractivity contribution in [2.45, 2.75) is 0 Å². The number of nitrogens with two attached hydrogens (primary N) is 1. The number of ether oxygens (including phenoxy) is 3. The van der Waals surface area contributed by atoms with Crippen LogP contribution in [-0.4, -0.2) is 44.1 Å². The second-order valence-corrected chi connectivity index (χ2v) is 3.51. The summed E-state index contributed by atoms with van der Waals surface area (Å²) in [6, 6.07) is 1.58. The molecule has 0 aliphatic carbocycles. The third kappa shape index (κ3) is 4.46. The number of anilines is 1. The molecule has 0 bridgehead atoms. The van der Waals surface area contributed by atoms with Crippen LogP contribution in [0, 0.1) is 0 Å². The predicted octanol–water partition coefficient (Wildman–Crippen LogP) is 0.427. The molecule has 0 amide bonds. The fourth-order valence-electron chi connectivity index (χ4n) is 1.30. The Bertz CT molecular complexity index is 362. The van der Waals surface area contributed by atoms with E-state index < -0.39 is 5.97 Å². The lowest BCUT2D eigenvalue weighted by molar-refractivity contribution is 0.0207. The van der Waals surface area contributed by atoms with Gasteiger partial charge in [0.25, 0.3) is 0 Å². The van der Waals surface area contributed by atoms with Gasteiger partial charge in [0, 0.05) is 20.4 Å². The van der Waals surface area contributed by atoms with Gasteiger partial charge in [-0.05, 0) is 6.07 Å². The Morgan fingerprint density at radius 2 is 2.06 bits per heavy atom. The third-order valence-electron chi connectivity index (χ3n) is 2.13. The zero-order valence-electron chi connectivity index (χ0n) is 10.1. The minimum atomic E-state index is -0.403. The highest BCUT2D eigenvalue weighted by atomic mass is 16.6. The summed E-state index contributed by atoms with van der Waals surface area (Å²) in [5, 5.41) is 0. The van der Waals surface area contributed by atoms with Crippen LogP contribution >= 0.6 is 0 Å². The molecule has 0 saturated carbocycles. The molecule has 2 N–H and O–H groups in total. The van der Waals surface area contributed by atoms with Gasteiger partial charge in [-0.2, -0.15) is 0 Å². The van der Waals surface area contributed by atoms with Crippen molar-refractivity contribution in [3.63, 3.8) is 0 Å². The summed E-state index contributed by atoms with van der Waals surface area (Å²) in [6.45, 7) is 1.59. The number of carbonyl (C=O) groups is 1. The molecule has 0 spiro atoms. The summed E-state index contributed by atoms with van der Waals surface area (Å²) in [6.07, 6.45) is 1.66. The van der Waals surface area contributed by atoms with Crippen LogP contribution < -0.4 is 5.73 Å². The molecule has 6 heteroatoms. The van der Waals surface area contributed by atoms with Crippen LogP contribution in [0.1, 0.15) is 10.5 Å². The molecule has 1 heterocycles. The highest BCUT2D eigenvalue weighted by Crippen LogP contribution is 2.09. The molecule has 96 valence electrons. The van der Waals surface area contributed by atoms with Crippen LogP contribution in [0.4, 0.5) is 5.69 Å². The first-order valence-electron chi connectivity index (χ1n) is 5.30. The second-order valence-electron chi connectivity index (χ2n) is 3.51. The van der Waals surface area contributed by atoms with Crippen molar-refractivity contribution in [1.82, 2.24) is 4.57 Å². The minimum absolute atomic E-state index is 0.216. The molecule has 0 saturated heterocycles. The maximum atomic E-state index is 11.6. The van der Waals surface area contributed by atoms with Crippen LogP contribution in [0.5, 0.6) is 0 Å². The number of carbonyl (C=O) groups excluding carboxylic acids is 1. The quantitative estimate of drug-likeness (QED) is 0.554. The first-order chi connectivity index (χ1) is 8.15. The summed E-state index contributed by atoms with van der Waals surface area (Å²) in [5.74, 6) is -0.403. The maximum Gasteiger partial charge on any atom is 0.355 e. The van der Waals surface area contributed by atoms with E-state index in [1.165, 1.54) is 0 Å². The zero-order chi connectivity index (χ0) is 12.7. The van der Waals surface area contributed by atoms with E-state index in [2.05, 4.69) is 0 Å². The maximum absolute atomic E-state index is 11.6. The number of aryl methyl sites for hydroxylation is 1. The van der Waals surface area contributed by atoms with Gasteiger partial charge in [-0.1, -0.05) is 0 Å². The molecule has 0 atom stereocenters. The summed E-state index contributed by atoms with van der Waals surface area (Å²) < 4.78 is 16.6. The summed E-state index contributed by atoms with van der Waals surface area (Å²) in [5.41, 5.74) is 6.53. The Labute approximate surface area is 100 Å². The molecule has 1 rings (SSSR count). The van der Waals surface area contributed by atoms with Gasteiger partial charge in [0.1, 0.15) is 12.3 Å². The highest BCUT2D eigenvalue weighted by molar-refractivity contribution is 5.89. The van der Waals surface area contributed by atoms with Gasteiger partial charge in [-0.25, -0.2) is 4.79 Å². The molecule has 0 radical (unpaired) electrons. The lowest BCUT2D eigenvalue weighted by Gasteiger charge is -2.06. The van der Waals surface area contributed by atoms with Crippen molar-refractivity contribution >= 4 is 11.7 Å². The van der Waals surface area contributed by atoms with Crippen LogP contribution in [0.2, 0.25) is 0 Å². The van der Waals surface area contributed by atoms with E-state index >= 15 is 0 Å². The summed E-state index contributed by atoms with van der Waals surface area (Å²) in [4.78, 5) is 11.6. The van der Waals surface area contributed by atoms with Crippen molar-refractivity contribution in [2.75, 3.05) is 39.3 Å². The van der Waals surface area contributed by atoms with E-state index in [4.69, 9.17) is 19.9 Å². The third-order valence-corrected chi connectivity index (χ3v) is 2.13. The molecular weight excluding hydrogens is 224 g/mol. The lowest BCUT2D eigenvalue weighted by atomic mass is 10.4. The number of aromatic nitrogens is 1. The van der Waals surface area contributed by atoms with E-state index in [0.717, 1.165) is 0 Å². The van der Waals surface area contributed by atoms with Gasteiger partial charge in [-0.3, -0.25) is 0 Å². The number of hydrogen-bond acceptors (Lipinski definition) is 5. The predicted molar refractivity (Wildman–Crippen MR) is 62.8 cm³/mol. The lowest BCUT2D eigenvalue weighted by Crippen LogP contribution is -2.14. The average Bonchev–Trinajstić information content (AvgIpc) is 2.62. The molecule has 1 aromatic heterocycles. The normalized spacial score (nSPS) is 10.5. The van der Waals surface area contributed by atoms with Crippen molar-refractivity contribution in [3.05, 3.63) is 18.0 Å². The molecule has 0 fully saturated rings. The second kappa shape index (κ2) is 6.93. The van der Waals surface area contributed by atoms with Gasteiger partial charge in [-0.15, -0.1) is 0 Å². The first-order valence-corrected chi connectivity index (χ1v) is 5.30. The fourth-order valence-corrected chi connectivity index (χ4v) is 1.30. The SMILES string of the molecule is COCCOCCOC(=O)c1cc(N)cn1C. The number of nitrogens with zero attached hydrogens (tertiary/aromatic N) is 1. The van der Waals surface area contributed by atoms with E-state index in [0.29, 0.717) is 31.2 Å². The van der Waals surface area contributed by atoms with E-state index in [-0.39, 0.29) is 6.61 Å². The van der Waals surface area contributed by atoms with Crippen LogP contribution in [0.15, 0.2) is 12.3 Å². The summed E-state index contributed by atoms with van der Waals surface area (Å²) in [7, 11) is 3.34. The number of methoxy groups -OCH3 is 1. The van der Waals surface area contributed by atoms with Gasteiger partial charge in [0.05, 0.1) is 25.5 Å². The van der Waals surface area contributed by atoms with Gasteiger partial charge in [0.15, 0.2) is 0 Å². The largest absolute Gasteiger partial charge is 0.459 e. The first kappa shape index (κ1) is 13.5. The zero-order valence-corrected chi connectivity index (χ0v) is 10.1. The number of nitrogen functional groups attached to an aromatic ring is 1. The van der Waals surface area contributed by atoms with Crippen LogP contribution in [-0.2, 0) is 21.3 Å². The van der Waals surface area contributed by atoms with Crippen molar-refractivity contribution < 1.29 is 19.0 Å². The average molecular weight is 242 g/mol. The standard InChI is InChI=1S/C11H18N2O4/c1-13-8-9(12)7-10(13)11(14)17-6-5-16-4-3-15-2/h7-8H,3-6,12H2,1-2H3. The van der Waals surface area contributed by atoms with E-state index in [1.54, 1.807) is 31.0 Å². The van der Waals surface area contributed by atoms with E-state index in [9.17, 15) is 4.79 Å². The Balaban J connectivity index is 2.23. The van der Waals surface area contributed by atoms with Gasteiger partial charge < -0.3 is 24.5 Å². The Morgan fingerprint density at radius 1 is 1.35 bits per heavy atom. The van der Waals surface area contributed by atoms with Gasteiger partial charge >= 0.3 is 5.97 Å². The molecule has 0 unspecified atom stereocenters. The molecule has 1 aromatic rings. The minimum Gasteiger partial charge on any atom is -0.459 e. The van der Waals surface area contributed by atoms with Crippen molar-refractivity contribution in [3.8, 4) is 0 Å². The molecule has 0 aliphatic rings.